The van der Waals surface area contributed by atoms with E-state index in [4.69, 9.17) is 8.83 Å². The van der Waals surface area contributed by atoms with E-state index in [-0.39, 0.29) is 10.8 Å². The number of nitrogens with zero attached hydrogens (tertiary/aromatic N) is 1. The van der Waals surface area contributed by atoms with E-state index >= 15 is 0 Å². The molecule has 2 aromatic heterocycles. The summed E-state index contributed by atoms with van der Waals surface area (Å²) in [7, 11) is 0. The van der Waals surface area contributed by atoms with E-state index in [1.807, 2.05) is 24.3 Å². The third-order valence-corrected chi connectivity index (χ3v) is 15.5. The lowest BCUT2D eigenvalue weighted by Gasteiger charge is -2.25. The number of hydrogen-bond acceptors (Lipinski definition) is 3. The summed E-state index contributed by atoms with van der Waals surface area (Å²) in [6.07, 6.45) is 0. The zero-order valence-corrected chi connectivity index (χ0v) is 39.0. The molecule has 2 aliphatic carbocycles. The van der Waals surface area contributed by atoms with Crippen molar-refractivity contribution >= 4 is 60.9 Å². The average molecular weight is 886 g/mol. The first-order chi connectivity index (χ1) is 33.7. The molecule has 3 nitrogen and oxygen atoms in total. The van der Waals surface area contributed by atoms with Crippen LogP contribution in [0.15, 0.2) is 221 Å². The zero-order chi connectivity index (χ0) is 46.2. The number of para-hydroxylation sites is 2. The van der Waals surface area contributed by atoms with Crippen LogP contribution in [0.2, 0.25) is 0 Å². The monoisotopic (exact) mass is 885 g/mol. The Kier molecular flexibility index (Phi) is 8.38. The van der Waals surface area contributed by atoms with Crippen LogP contribution in [0.4, 0.5) is 17.1 Å². The van der Waals surface area contributed by atoms with Crippen molar-refractivity contribution in [1.82, 2.24) is 0 Å². The average Bonchev–Trinajstić information content (AvgIpc) is 4.08. The Hall–Kier alpha value is -8.40. The summed E-state index contributed by atoms with van der Waals surface area (Å²) in [5, 5.41) is 4.42. The summed E-state index contributed by atoms with van der Waals surface area (Å²) in [6.45, 7) is 9.45. The van der Waals surface area contributed by atoms with Gasteiger partial charge in [-0.1, -0.05) is 149 Å². The van der Waals surface area contributed by atoms with Gasteiger partial charge in [-0.05, 0) is 157 Å². The van der Waals surface area contributed by atoms with Crippen LogP contribution in [0.3, 0.4) is 0 Å². The molecule has 0 atom stereocenters. The molecule has 0 fully saturated rings. The van der Waals surface area contributed by atoms with Gasteiger partial charge in [0, 0.05) is 61.6 Å². The highest BCUT2D eigenvalue weighted by molar-refractivity contribution is 6.08. The quantitative estimate of drug-likeness (QED) is 0.167. The Bertz CT molecular complexity index is 3850. The van der Waals surface area contributed by atoms with E-state index in [0.29, 0.717) is 0 Å². The van der Waals surface area contributed by atoms with Crippen molar-refractivity contribution in [1.29, 1.82) is 0 Å². The molecule has 2 aliphatic rings. The number of fused-ring (bicyclic) bond motifs is 12. The van der Waals surface area contributed by atoms with Crippen molar-refractivity contribution in [2.75, 3.05) is 4.90 Å². The highest BCUT2D eigenvalue weighted by atomic mass is 16.3. The maximum absolute atomic E-state index is 6.46. The lowest BCUT2D eigenvalue weighted by atomic mass is 9.81. The van der Waals surface area contributed by atoms with Gasteiger partial charge in [0.15, 0.2) is 0 Å². The third-order valence-electron chi connectivity index (χ3n) is 15.5. The van der Waals surface area contributed by atoms with Gasteiger partial charge in [0.05, 0.1) is 0 Å². The number of hydrogen-bond donors (Lipinski definition) is 0. The lowest BCUT2D eigenvalue weighted by Crippen LogP contribution is -2.15. The van der Waals surface area contributed by atoms with E-state index in [0.717, 1.165) is 66.5 Å². The van der Waals surface area contributed by atoms with Crippen LogP contribution in [0.5, 0.6) is 0 Å². The molecule has 0 aliphatic heterocycles. The van der Waals surface area contributed by atoms with Crippen LogP contribution in [0.25, 0.3) is 99.5 Å². The predicted octanol–water partition coefficient (Wildman–Crippen LogP) is 18.6. The number of anilines is 3. The van der Waals surface area contributed by atoms with Crippen molar-refractivity contribution in [3.05, 3.63) is 235 Å². The SMILES string of the molecule is CC1(C)c2ccccc2-c2ccc(-c3cc(-c4ccc(N(c5ccc6c(c5)oc5ccccc56)c5ccc6c(c5)oc5ccccc56)cc4)cc(-c4ccc5c(c4)C(C)(C)c4ccccc4-5)c3)cc21. The van der Waals surface area contributed by atoms with Gasteiger partial charge in [0.1, 0.15) is 22.3 Å². The summed E-state index contributed by atoms with van der Waals surface area (Å²) in [6, 6.07) is 77.8. The third kappa shape index (κ3) is 6.00. The number of benzene rings is 10. The molecule has 0 saturated carbocycles. The summed E-state index contributed by atoms with van der Waals surface area (Å²) < 4.78 is 12.9. The molecule has 3 heteroatoms. The molecule has 0 amide bonds. The molecule has 69 heavy (non-hydrogen) atoms. The van der Waals surface area contributed by atoms with Crippen LogP contribution in [-0.2, 0) is 10.8 Å². The summed E-state index contributed by atoms with van der Waals surface area (Å²) in [4.78, 5) is 2.31. The minimum Gasteiger partial charge on any atom is -0.456 e. The van der Waals surface area contributed by atoms with Gasteiger partial charge in [-0.3, -0.25) is 0 Å². The van der Waals surface area contributed by atoms with Gasteiger partial charge in [0.25, 0.3) is 0 Å². The van der Waals surface area contributed by atoms with Crippen molar-refractivity contribution in [3.63, 3.8) is 0 Å². The zero-order valence-electron chi connectivity index (χ0n) is 39.0. The van der Waals surface area contributed by atoms with E-state index in [9.17, 15) is 0 Å². The van der Waals surface area contributed by atoms with Crippen molar-refractivity contribution in [3.8, 4) is 55.6 Å². The van der Waals surface area contributed by atoms with Gasteiger partial charge >= 0.3 is 0 Å². The molecule has 0 spiro atoms. The molecule has 10 aromatic carbocycles. The fraction of sp³-hybridized carbons (Fsp3) is 0.0909. The topological polar surface area (TPSA) is 29.5 Å². The Balaban J connectivity index is 0.913. The Morgan fingerprint density at radius 3 is 1.14 bits per heavy atom. The maximum atomic E-state index is 6.46. The van der Waals surface area contributed by atoms with Gasteiger partial charge in [-0.2, -0.15) is 0 Å². The van der Waals surface area contributed by atoms with Crippen molar-refractivity contribution in [2.24, 2.45) is 0 Å². The molecular formula is C66H47NO2. The van der Waals surface area contributed by atoms with E-state index < -0.39 is 0 Å². The standard InChI is InChI=1S/C66H47NO2/c1-65(2)57-17-9-5-13-49(57)51-29-23-41(36-59(51)65)44-33-43(34-45(35-44)42-24-30-52-50-14-6-10-18-58(50)66(3,4)60(52)37-42)40-21-25-46(26-22-40)67(47-27-31-55-53-15-7-11-19-61(53)68-63(55)38-47)48-28-32-56-54-16-8-12-20-62(54)69-64(56)39-48/h5-39H,1-4H3. The molecule has 14 rings (SSSR count). The van der Waals surface area contributed by atoms with Gasteiger partial charge in [-0.15, -0.1) is 0 Å². The predicted molar refractivity (Wildman–Crippen MR) is 287 cm³/mol. The fourth-order valence-corrected chi connectivity index (χ4v) is 11.9. The summed E-state index contributed by atoms with van der Waals surface area (Å²) >= 11 is 0. The molecule has 12 aromatic rings. The maximum Gasteiger partial charge on any atom is 0.137 e. The van der Waals surface area contributed by atoms with Crippen LogP contribution in [0, 0.1) is 0 Å². The first kappa shape index (κ1) is 39.7. The summed E-state index contributed by atoms with van der Waals surface area (Å²) in [5.74, 6) is 0. The Morgan fingerprint density at radius 1 is 0.275 bits per heavy atom. The lowest BCUT2D eigenvalue weighted by molar-refractivity contribution is 0.660. The fourth-order valence-electron chi connectivity index (χ4n) is 11.9. The van der Waals surface area contributed by atoms with Crippen LogP contribution in [0.1, 0.15) is 49.9 Å². The Labute approximate surface area is 401 Å². The van der Waals surface area contributed by atoms with Crippen molar-refractivity contribution in [2.45, 2.75) is 38.5 Å². The molecule has 0 N–H and O–H groups in total. The molecular weight excluding hydrogens is 839 g/mol. The first-order valence-electron chi connectivity index (χ1n) is 24.1. The first-order valence-corrected chi connectivity index (χ1v) is 24.1. The molecule has 0 radical (unpaired) electrons. The minimum atomic E-state index is -0.103. The van der Waals surface area contributed by atoms with Gasteiger partial charge < -0.3 is 13.7 Å². The summed E-state index contributed by atoms with van der Waals surface area (Å²) in [5.41, 5.74) is 24.3. The second kappa shape index (κ2) is 14.6. The highest BCUT2D eigenvalue weighted by Gasteiger charge is 2.37. The molecule has 0 saturated heterocycles. The van der Waals surface area contributed by atoms with E-state index in [1.54, 1.807) is 0 Å². The van der Waals surface area contributed by atoms with E-state index in [1.165, 1.54) is 72.3 Å². The largest absolute Gasteiger partial charge is 0.456 e. The second-order valence-corrected chi connectivity index (χ2v) is 20.1. The van der Waals surface area contributed by atoms with Gasteiger partial charge in [-0.25, -0.2) is 0 Å². The molecule has 0 bridgehead atoms. The number of furan rings is 2. The molecule has 0 unspecified atom stereocenters. The molecule has 2 heterocycles. The Morgan fingerprint density at radius 2 is 0.652 bits per heavy atom. The van der Waals surface area contributed by atoms with E-state index in [2.05, 4.69) is 221 Å². The minimum absolute atomic E-state index is 0.103. The van der Waals surface area contributed by atoms with Crippen LogP contribution < -0.4 is 4.90 Å². The smallest absolute Gasteiger partial charge is 0.137 e. The van der Waals surface area contributed by atoms with Crippen LogP contribution >= 0.6 is 0 Å². The van der Waals surface area contributed by atoms with Crippen LogP contribution in [-0.4, -0.2) is 0 Å². The number of rotatable bonds is 6. The molecule has 328 valence electrons. The van der Waals surface area contributed by atoms with Crippen molar-refractivity contribution < 1.29 is 8.83 Å². The second-order valence-electron chi connectivity index (χ2n) is 20.1. The highest BCUT2D eigenvalue weighted by Crippen LogP contribution is 2.52. The normalized spacial score (nSPS) is 14.0. The van der Waals surface area contributed by atoms with Gasteiger partial charge in [0.2, 0.25) is 0 Å².